The van der Waals surface area contributed by atoms with Gasteiger partial charge in [-0.05, 0) is 110 Å². The summed E-state index contributed by atoms with van der Waals surface area (Å²) in [4.78, 5) is 1.45. The van der Waals surface area contributed by atoms with Crippen molar-refractivity contribution < 1.29 is 0 Å². The summed E-state index contributed by atoms with van der Waals surface area (Å²) in [5, 5.41) is 1.58. The third-order valence-electron chi connectivity index (χ3n) is 9.34. The first-order valence-electron chi connectivity index (χ1n) is 12.3. The van der Waals surface area contributed by atoms with Gasteiger partial charge >= 0.3 is 0 Å². The van der Waals surface area contributed by atoms with Crippen LogP contribution in [0.3, 0.4) is 0 Å². The van der Waals surface area contributed by atoms with Crippen molar-refractivity contribution in [2.75, 3.05) is 0 Å². The zero-order valence-electron chi connectivity index (χ0n) is 18.4. The summed E-state index contributed by atoms with van der Waals surface area (Å²) >= 11 is 15.3. The van der Waals surface area contributed by atoms with Crippen molar-refractivity contribution in [3.05, 3.63) is 30.3 Å². The van der Waals surface area contributed by atoms with Gasteiger partial charge in [-0.15, -0.1) is 0 Å². The van der Waals surface area contributed by atoms with Gasteiger partial charge in [0.05, 0.1) is 0 Å². The molecular weight excluding hydrogens is 535 g/mol. The lowest BCUT2D eigenvalue weighted by molar-refractivity contribution is 0.278. The summed E-state index contributed by atoms with van der Waals surface area (Å²) in [7, 11) is 0. The molecule has 166 valence electrons. The summed E-state index contributed by atoms with van der Waals surface area (Å²) in [5.74, 6) is 5.16. The standard InChI is InChI=1S/C26H37Br2PS/c1-16-12-19-21(14-16)25(10-8-23(19)27)29(30,18-6-4-3-5-7-18)26-11-9-24(28)20-13-17(2)15-22(20)26/h3-7,16-17,19-26H,8-15H2,1-2H3. The average molecular weight is 572 g/mol. The Kier molecular flexibility index (Phi) is 6.70. The number of alkyl halides is 2. The highest BCUT2D eigenvalue weighted by Crippen LogP contribution is 2.70. The molecule has 10 unspecified atom stereocenters. The van der Waals surface area contributed by atoms with Crippen LogP contribution in [-0.2, 0) is 11.8 Å². The van der Waals surface area contributed by atoms with E-state index in [1.54, 1.807) is 5.30 Å². The maximum Gasteiger partial charge on any atom is 0.0177 e. The molecule has 4 saturated carbocycles. The Hall–Kier alpha value is 0.830. The van der Waals surface area contributed by atoms with Crippen LogP contribution in [0.15, 0.2) is 30.3 Å². The van der Waals surface area contributed by atoms with Crippen LogP contribution in [-0.4, -0.2) is 21.0 Å². The highest BCUT2D eigenvalue weighted by atomic mass is 79.9. The van der Waals surface area contributed by atoms with E-state index >= 15 is 0 Å². The van der Waals surface area contributed by atoms with Crippen molar-refractivity contribution >= 4 is 55.0 Å². The summed E-state index contributed by atoms with van der Waals surface area (Å²) < 4.78 is 0. The maximum atomic E-state index is 7.09. The second kappa shape index (κ2) is 8.88. The third-order valence-corrected chi connectivity index (χ3v) is 18.2. The van der Waals surface area contributed by atoms with Gasteiger partial charge in [-0.3, -0.25) is 0 Å². The molecule has 4 fully saturated rings. The largest absolute Gasteiger partial charge is 0.0920 e. The smallest absolute Gasteiger partial charge is 0.0177 e. The number of benzene rings is 1. The fraction of sp³-hybridized carbons (Fsp3) is 0.769. The molecule has 0 heterocycles. The van der Waals surface area contributed by atoms with Crippen molar-refractivity contribution in [2.45, 2.75) is 86.2 Å². The summed E-state index contributed by atoms with van der Waals surface area (Å²) in [6.07, 6.45) is 11.1. The maximum absolute atomic E-state index is 7.09. The average Bonchev–Trinajstić information content (AvgIpc) is 3.32. The van der Waals surface area contributed by atoms with E-state index < -0.39 is 6.04 Å². The minimum atomic E-state index is -1.68. The fourth-order valence-corrected chi connectivity index (χ4v) is 16.7. The van der Waals surface area contributed by atoms with Gasteiger partial charge in [0.15, 0.2) is 0 Å². The second-order valence-electron chi connectivity index (χ2n) is 11.2. The Labute approximate surface area is 206 Å². The van der Waals surface area contributed by atoms with E-state index in [4.69, 9.17) is 11.8 Å². The van der Waals surface area contributed by atoms with Gasteiger partial charge in [-0.25, -0.2) is 0 Å². The van der Waals surface area contributed by atoms with Crippen LogP contribution in [0.2, 0.25) is 0 Å². The topological polar surface area (TPSA) is 0 Å². The molecule has 0 aliphatic heterocycles. The molecule has 0 nitrogen and oxygen atoms in total. The molecule has 0 bridgehead atoms. The summed E-state index contributed by atoms with van der Waals surface area (Å²) in [6.45, 7) is 4.98. The Morgan fingerprint density at radius 3 is 1.60 bits per heavy atom. The van der Waals surface area contributed by atoms with Crippen molar-refractivity contribution in [3.8, 4) is 0 Å². The van der Waals surface area contributed by atoms with Gasteiger partial charge in [-0.2, -0.15) is 0 Å². The van der Waals surface area contributed by atoms with Crippen molar-refractivity contribution in [1.29, 1.82) is 0 Å². The van der Waals surface area contributed by atoms with Crippen LogP contribution >= 0.6 is 37.9 Å². The first-order valence-corrected chi connectivity index (χ1v) is 17.1. The molecule has 0 aromatic heterocycles. The molecule has 4 aliphatic rings. The van der Waals surface area contributed by atoms with E-state index in [0.717, 1.165) is 56.5 Å². The number of fused-ring (bicyclic) bond motifs is 2. The fourth-order valence-electron chi connectivity index (χ4n) is 8.23. The normalized spacial score (nSPS) is 48.0. The molecule has 0 spiro atoms. The lowest BCUT2D eigenvalue weighted by Crippen LogP contribution is -2.44. The van der Waals surface area contributed by atoms with E-state index in [1.165, 1.54) is 51.4 Å². The molecule has 0 N–H and O–H groups in total. The molecule has 4 heteroatoms. The Morgan fingerprint density at radius 1 is 0.700 bits per heavy atom. The Balaban J connectivity index is 1.58. The minimum absolute atomic E-state index is 0.723. The molecule has 4 aliphatic carbocycles. The van der Waals surface area contributed by atoms with Crippen molar-refractivity contribution in [2.24, 2.45) is 35.5 Å². The lowest BCUT2D eigenvalue weighted by Gasteiger charge is -2.51. The first-order chi connectivity index (χ1) is 14.4. The van der Waals surface area contributed by atoms with Crippen LogP contribution in [0.5, 0.6) is 0 Å². The minimum Gasteiger partial charge on any atom is -0.0920 e. The summed E-state index contributed by atoms with van der Waals surface area (Å²) in [6, 6.07) is 9.92. The van der Waals surface area contributed by atoms with Crippen molar-refractivity contribution in [1.82, 2.24) is 0 Å². The molecule has 1 aromatic rings. The van der Waals surface area contributed by atoms with Crippen LogP contribution < -0.4 is 5.30 Å². The summed E-state index contributed by atoms with van der Waals surface area (Å²) in [5.41, 5.74) is 1.54. The zero-order valence-corrected chi connectivity index (χ0v) is 23.3. The van der Waals surface area contributed by atoms with E-state index in [2.05, 4.69) is 76.0 Å². The number of hydrogen-bond acceptors (Lipinski definition) is 1. The van der Waals surface area contributed by atoms with Gasteiger partial charge in [0.1, 0.15) is 0 Å². The third kappa shape index (κ3) is 3.78. The predicted octanol–water partition coefficient (Wildman–Crippen LogP) is 7.97. The van der Waals surface area contributed by atoms with E-state index in [9.17, 15) is 0 Å². The number of hydrogen-bond donors (Lipinski definition) is 0. The zero-order chi connectivity index (χ0) is 21.0. The van der Waals surface area contributed by atoms with E-state index in [1.807, 2.05) is 0 Å². The van der Waals surface area contributed by atoms with Crippen LogP contribution in [0.4, 0.5) is 0 Å². The lowest BCUT2D eigenvalue weighted by atomic mass is 9.80. The SMILES string of the molecule is CC1CC2C(Br)CCC(P(=S)(c3ccccc3)C3CCC(Br)C4CC(C)CC43)C2C1. The van der Waals surface area contributed by atoms with Crippen LogP contribution in [0.1, 0.15) is 65.2 Å². The molecule has 1 aromatic carbocycles. The quantitative estimate of drug-likeness (QED) is 0.262. The van der Waals surface area contributed by atoms with Crippen molar-refractivity contribution in [3.63, 3.8) is 0 Å². The monoisotopic (exact) mass is 570 g/mol. The first kappa shape index (κ1) is 22.6. The number of halogens is 2. The molecule has 0 saturated heterocycles. The number of rotatable bonds is 3. The highest BCUT2D eigenvalue weighted by Gasteiger charge is 2.55. The Bertz CT molecular complexity index is 753. The van der Waals surface area contributed by atoms with Gasteiger partial charge in [0, 0.05) is 9.65 Å². The van der Waals surface area contributed by atoms with E-state index in [0.29, 0.717) is 0 Å². The molecule has 5 rings (SSSR count). The van der Waals surface area contributed by atoms with Crippen LogP contribution in [0.25, 0.3) is 0 Å². The van der Waals surface area contributed by atoms with Gasteiger partial charge in [0.2, 0.25) is 0 Å². The van der Waals surface area contributed by atoms with E-state index in [-0.39, 0.29) is 0 Å². The predicted molar refractivity (Wildman–Crippen MR) is 143 cm³/mol. The van der Waals surface area contributed by atoms with Gasteiger partial charge in [0.25, 0.3) is 0 Å². The molecule has 0 radical (unpaired) electrons. The molecule has 30 heavy (non-hydrogen) atoms. The highest BCUT2D eigenvalue weighted by molar-refractivity contribution is 9.09. The second-order valence-corrected chi connectivity index (χ2v) is 18.6. The molecule has 10 atom stereocenters. The molecular formula is C26H37Br2PS. The molecule has 0 amide bonds. The van der Waals surface area contributed by atoms with Gasteiger partial charge < -0.3 is 0 Å². The van der Waals surface area contributed by atoms with Gasteiger partial charge in [-0.1, -0.05) is 87.8 Å². The Morgan fingerprint density at radius 2 is 1.13 bits per heavy atom. The van der Waals surface area contributed by atoms with Crippen LogP contribution in [0, 0.1) is 35.5 Å².